The van der Waals surface area contributed by atoms with Crippen molar-refractivity contribution in [1.29, 1.82) is 0 Å². The van der Waals surface area contributed by atoms with E-state index >= 15 is 0 Å². The van der Waals surface area contributed by atoms with Crippen molar-refractivity contribution in [3.63, 3.8) is 0 Å². The van der Waals surface area contributed by atoms with Gasteiger partial charge in [0.2, 0.25) is 5.91 Å². The maximum Gasteiger partial charge on any atom is 0.248 e. The van der Waals surface area contributed by atoms with Crippen LogP contribution in [0.3, 0.4) is 0 Å². The van der Waals surface area contributed by atoms with Gasteiger partial charge in [0.05, 0.1) is 0 Å². The molecule has 2 aliphatic rings. The molecule has 6 nitrogen and oxygen atoms in total. The highest BCUT2D eigenvalue weighted by Gasteiger charge is 2.41. The Bertz CT molecular complexity index is 495. The first-order valence-electron chi connectivity index (χ1n) is 8.92. The van der Waals surface area contributed by atoms with Crippen molar-refractivity contribution in [3.05, 3.63) is 18.5 Å². The van der Waals surface area contributed by atoms with E-state index in [1.807, 2.05) is 16.9 Å². The zero-order valence-corrected chi connectivity index (χ0v) is 14.1. The lowest BCUT2D eigenvalue weighted by Gasteiger charge is -2.37. The molecule has 0 aromatic carbocycles. The van der Waals surface area contributed by atoms with E-state index in [0.717, 1.165) is 58.0 Å². The maximum atomic E-state index is 12.9. The number of hydrogen-bond acceptors (Lipinski definition) is 4. The predicted octanol–water partition coefficient (Wildman–Crippen LogP) is 0.810. The van der Waals surface area contributed by atoms with E-state index in [1.54, 1.807) is 6.20 Å². The monoisotopic (exact) mass is 319 g/mol. The van der Waals surface area contributed by atoms with E-state index in [9.17, 15) is 4.79 Å². The zero-order chi connectivity index (χ0) is 16.1. The Morgan fingerprint density at radius 1 is 1.43 bits per heavy atom. The SMILES string of the molecule is CC1CCCN(CCNC(=O)C2(n3cccn3)CCNCC2)C1. The van der Waals surface area contributed by atoms with Gasteiger partial charge in [-0.3, -0.25) is 9.48 Å². The molecule has 128 valence electrons. The van der Waals surface area contributed by atoms with Gasteiger partial charge in [0, 0.05) is 32.0 Å². The quantitative estimate of drug-likeness (QED) is 0.843. The van der Waals surface area contributed by atoms with Crippen molar-refractivity contribution < 1.29 is 4.79 Å². The van der Waals surface area contributed by atoms with Crippen LogP contribution in [-0.4, -0.2) is 59.9 Å². The van der Waals surface area contributed by atoms with E-state index in [4.69, 9.17) is 0 Å². The van der Waals surface area contributed by atoms with Crippen molar-refractivity contribution in [2.45, 2.75) is 38.1 Å². The Morgan fingerprint density at radius 3 is 2.96 bits per heavy atom. The van der Waals surface area contributed by atoms with Gasteiger partial charge in [-0.05, 0) is 57.3 Å². The standard InChI is InChI=1S/C17H29N5O/c1-15-4-2-11-21(14-15)13-10-19-16(23)17(5-8-18-9-6-17)22-12-3-7-20-22/h3,7,12,15,18H,2,4-6,8-11,13-14H2,1H3,(H,19,23). The fourth-order valence-corrected chi connectivity index (χ4v) is 3.90. The maximum absolute atomic E-state index is 12.9. The third-order valence-corrected chi connectivity index (χ3v) is 5.25. The summed E-state index contributed by atoms with van der Waals surface area (Å²) in [5.74, 6) is 0.895. The van der Waals surface area contributed by atoms with Gasteiger partial charge in [0.1, 0.15) is 5.54 Å². The van der Waals surface area contributed by atoms with Crippen LogP contribution >= 0.6 is 0 Å². The molecule has 0 radical (unpaired) electrons. The summed E-state index contributed by atoms with van der Waals surface area (Å²) in [6.07, 6.45) is 7.86. The van der Waals surface area contributed by atoms with Crippen LogP contribution in [0.1, 0.15) is 32.6 Å². The minimum absolute atomic E-state index is 0.118. The number of likely N-dealkylation sites (tertiary alicyclic amines) is 1. The average Bonchev–Trinajstić information content (AvgIpc) is 3.10. The van der Waals surface area contributed by atoms with Crippen LogP contribution in [0.25, 0.3) is 0 Å². The zero-order valence-electron chi connectivity index (χ0n) is 14.1. The van der Waals surface area contributed by atoms with Gasteiger partial charge in [-0.25, -0.2) is 0 Å². The summed E-state index contributed by atoms with van der Waals surface area (Å²) in [5.41, 5.74) is -0.524. The Hall–Kier alpha value is -1.40. The van der Waals surface area contributed by atoms with E-state index in [0.29, 0.717) is 0 Å². The minimum atomic E-state index is -0.524. The highest BCUT2D eigenvalue weighted by molar-refractivity contribution is 5.84. The molecule has 0 spiro atoms. The van der Waals surface area contributed by atoms with E-state index in [1.165, 1.54) is 12.8 Å². The first-order chi connectivity index (χ1) is 11.2. The average molecular weight is 319 g/mol. The molecule has 6 heteroatoms. The topological polar surface area (TPSA) is 62.2 Å². The number of hydrogen-bond donors (Lipinski definition) is 2. The van der Waals surface area contributed by atoms with Crippen LogP contribution in [0, 0.1) is 5.92 Å². The molecule has 2 aliphatic heterocycles. The van der Waals surface area contributed by atoms with Gasteiger partial charge in [-0.15, -0.1) is 0 Å². The van der Waals surface area contributed by atoms with Gasteiger partial charge in [0.25, 0.3) is 0 Å². The molecule has 3 rings (SSSR count). The second kappa shape index (κ2) is 7.45. The van der Waals surface area contributed by atoms with Crippen LogP contribution in [-0.2, 0) is 10.3 Å². The highest BCUT2D eigenvalue weighted by Crippen LogP contribution is 2.27. The normalized spacial score (nSPS) is 25.2. The van der Waals surface area contributed by atoms with Gasteiger partial charge < -0.3 is 15.5 Å². The lowest BCUT2D eigenvalue weighted by molar-refractivity contribution is -0.132. The van der Waals surface area contributed by atoms with Crippen molar-refractivity contribution in [2.24, 2.45) is 5.92 Å². The summed E-state index contributed by atoms with van der Waals surface area (Å²) in [7, 11) is 0. The number of carbonyl (C=O) groups excluding carboxylic acids is 1. The largest absolute Gasteiger partial charge is 0.353 e. The Labute approximate surface area is 138 Å². The smallest absolute Gasteiger partial charge is 0.248 e. The Morgan fingerprint density at radius 2 is 2.26 bits per heavy atom. The summed E-state index contributed by atoms with van der Waals surface area (Å²) in [4.78, 5) is 15.4. The second-order valence-electron chi connectivity index (χ2n) is 7.04. The summed E-state index contributed by atoms with van der Waals surface area (Å²) in [5, 5.41) is 10.9. The first kappa shape index (κ1) is 16.5. The van der Waals surface area contributed by atoms with Crippen molar-refractivity contribution in [2.75, 3.05) is 39.3 Å². The summed E-state index contributed by atoms with van der Waals surface area (Å²) >= 11 is 0. The molecule has 1 unspecified atom stereocenters. The van der Waals surface area contributed by atoms with Crippen LogP contribution in [0.5, 0.6) is 0 Å². The molecule has 1 aromatic rings. The molecule has 1 aromatic heterocycles. The van der Waals surface area contributed by atoms with Gasteiger partial charge in [-0.1, -0.05) is 6.92 Å². The molecule has 1 amide bonds. The number of rotatable bonds is 5. The molecule has 23 heavy (non-hydrogen) atoms. The number of aromatic nitrogens is 2. The third kappa shape index (κ3) is 3.75. The molecule has 3 heterocycles. The predicted molar refractivity (Wildman–Crippen MR) is 90.2 cm³/mol. The second-order valence-corrected chi connectivity index (χ2v) is 7.04. The van der Waals surface area contributed by atoms with E-state index < -0.39 is 5.54 Å². The number of carbonyl (C=O) groups is 1. The fourth-order valence-electron chi connectivity index (χ4n) is 3.90. The number of amides is 1. The molecule has 1 atom stereocenters. The third-order valence-electron chi connectivity index (χ3n) is 5.25. The molecule has 0 bridgehead atoms. The van der Waals surface area contributed by atoms with Crippen molar-refractivity contribution in [1.82, 2.24) is 25.3 Å². The van der Waals surface area contributed by atoms with Gasteiger partial charge >= 0.3 is 0 Å². The van der Waals surface area contributed by atoms with Crippen LogP contribution in [0.2, 0.25) is 0 Å². The molecular formula is C17H29N5O. The molecule has 2 saturated heterocycles. The van der Waals surface area contributed by atoms with Crippen LogP contribution in [0.15, 0.2) is 18.5 Å². The first-order valence-corrected chi connectivity index (χ1v) is 8.92. The van der Waals surface area contributed by atoms with Gasteiger partial charge in [-0.2, -0.15) is 5.10 Å². The number of piperidine rings is 2. The number of nitrogens with zero attached hydrogens (tertiary/aromatic N) is 3. The van der Waals surface area contributed by atoms with Crippen LogP contribution in [0.4, 0.5) is 0 Å². The van der Waals surface area contributed by atoms with Gasteiger partial charge in [0.15, 0.2) is 0 Å². The highest BCUT2D eigenvalue weighted by atomic mass is 16.2. The van der Waals surface area contributed by atoms with Crippen molar-refractivity contribution in [3.8, 4) is 0 Å². The summed E-state index contributed by atoms with van der Waals surface area (Å²) < 4.78 is 1.85. The molecule has 0 aliphatic carbocycles. The van der Waals surface area contributed by atoms with E-state index in [2.05, 4.69) is 27.6 Å². The number of nitrogens with one attached hydrogen (secondary N) is 2. The minimum Gasteiger partial charge on any atom is -0.353 e. The molecule has 2 fully saturated rings. The van der Waals surface area contributed by atoms with Crippen molar-refractivity contribution >= 4 is 5.91 Å². The Kier molecular flexibility index (Phi) is 5.33. The van der Waals surface area contributed by atoms with E-state index in [-0.39, 0.29) is 5.91 Å². The summed E-state index contributed by atoms with van der Waals surface area (Å²) in [6, 6.07) is 1.90. The lowest BCUT2D eigenvalue weighted by Crippen LogP contribution is -2.55. The molecule has 2 N–H and O–H groups in total. The lowest BCUT2D eigenvalue weighted by atomic mass is 9.87. The summed E-state index contributed by atoms with van der Waals surface area (Å²) in [6.45, 7) is 8.02. The molecule has 0 saturated carbocycles. The van der Waals surface area contributed by atoms with Crippen LogP contribution < -0.4 is 10.6 Å². The Balaban J connectivity index is 1.56. The fraction of sp³-hybridized carbons (Fsp3) is 0.765. The molecular weight excluding hydrogens is 290 g/mol.